The second-order valence-corrected chi connectivity index (χ2v) is 5.88. The zero-order chi connectivity index (χ0) is 13.6. The van der Waals surface area contributed by atoms with Gasteiger partial charge in [0.05, 0.1) is 12.1 Å². The quantitative estimate of drug-likeness (QED) is 0.797. The van der Waals surface area contributed by atoms with Crippen LogP contribution in [0, 0.1) is 11.8 Å². The largest absolute Gasteiger partial charge is 0.389 e. The monoisotopic (exact) mass is 266 g/mol. The van der Waals surface area contributed by atoms with Crippen LogP contribution >= 0.6 is 11.3 Å². The third-order valence-corrected chi connectivity index (χ3v) is 3.40. The molecule has 0 aliphatic carbocycles. The van der Waals surface area contributed by atoms with Gasteiger partial charge in [-0.05, 0) is 31.8 Å². The third-order valence-electron chi connectivity index (χ3n) is 2.50. The van der Waals surface area contributed by atoms with Crippen molar-refractivity contribution in [3.63, 3.8) is 0 Å². The Bertz CT molecular complexity index is 423. The molecule has 0 aliphatic rings. The summed E-state index contributed by atoms with van der Waals surface area (Å²) >= 11 is 1.70. The molecule has 0 saturated carbocycles. The summed E-state index contributed by atoms with van der Waals surface area (Å²) in [5.74, 6) is 5.98. The first-order chi connectivity index (χ1) is 8.46. The van der Waals surface area contributed by atoms with Crippen LogP contribution in [0.2, 0.25) is 0 Å². The molecular weight excluding hydrogens is 244 g/mol. The van der Waals surface area contributed by atoms with Crippen LogP contribution in [-0.4, -0.2) is 35.2 Å². The van der Waals surface area contributed by atoms with E-state index in [2.05, 4.69) is 23.7 Å². The molecule has 1 rings (SSSR count). The van der Waals surface area contributed by atoms with Crippen molar-refractivity contribution in [2.75, 3.05) is 19.6 Å². The molecule has 1 aromatic rings. The van der Waals surface area contributed by atoms with Gasteiger partial charge in [0, 0.05) is 23.5 Å². The number of nitrogens with zero attached hydrogens (tertiary/aromatic N) is 1. The molecule has 0 amide bonds. The van der Waals surface area contributed by atoms with Gasteiger partial charge in [0.25, 0.3) is 0 Å². The van der Waals surface area contributed by atoms with E-state index in [0.29, 0.717) is 13.1 Å². The van der Waals surface area contributed by atoms with Crippen molar-refractivity contribution in [1.82, 2.24) is 4.90 Å². The highest BCUT2D eigenvalue weighted by Crippen LogP contribution is 2.19. The molecule has 0 aliphatic heterocycles. The van der Waals surface area contributed by atoms with E-state index in [-0.39, 0.29) is 0 Å². The highest BCUT2D eigenvalue weighted by atomic mass is 32.1. The van der Waals surface area contributed by atoms with E-state index in [0.717, 1.165) is 18.7 Å². The fourth-order valence-corrected chi connectivity index (χ4v) is 2.62. The number of nitrogens with two attached hydrogens (primary N) is 1. The fraction of sp³-hybridized carbons (Fsp3) is 0.571. The van der Waals surface area contributed by atoms with Gasteiger partial charge >= 0.3 is 0 Å². The molecule has 3 N–H and O–H groups in total. The van der Waals surface area contributed by atoms with Gasteiger partial charge in [-0.25, -0.2) is 0 Å². The minimum absolute atomic E-state index is 0.385. The molecule has 3 nitrogen and oxygen atoms in total. The Morgan fingerprint density at radius 3 is 2.78 bits per heavy atom. The van der Waals surface area contributed by atoms with E-state index in [1.165, 1.54) is 4.88 Å². The minimum atomic E-state index is -0.670. The minimum Gasteiger partial charge on any atom is -0.389 e. The molecule has 0 radical (unpaired) electrons. The topological polar surface area (TPSA) is 49.5 Å². The van der Waals surface area contributed by atoms with Crippen LogP contribution in [0.25, 0.3) is 0 Å². The van der Waals surface area contributed by atoms with Crippen molar-refractivity contribution in [1.29, 1.82) is 0 Å². The number of hydrogen-bond donors (Lipinski definition) is 2. The van der Waals surface area contributed by atoms with Gasteiger partial charge in [0.15, 0.2) is 0 Å². The lowest BCUT2D eigenvalue weighted by molar-refractivity contribution is 0.0356. The summed E-state index contributed by atoms with van der Waals surface area (Å²) in [5, 5.41) is 11.9. The fourth-order valence-electron chi connectivity index (χ4n) is 1.75. The maximum atomic E-state index is 9.88. The number of hydrogen-bond acceptors (Lipinski definition) is 4. The summed E-state index contributed by atoms with van der Waals surface area (Å²) in [4.78, 5) is 3.46. The SMILES string of the molecule is CCN(Cc1sccc1C#CCN)CC(C)(C)O. The average Bonchev–Trinajstić information content (AvgIpc) is 2.71. The Morgan fingerprint density at radius 2 is 2.22 bits per heavy atom. The van der Waals surface area contributed by atoms with E-state index in [1.54, 1.807) is 11.3 Å². The maximum Gasteiger partial charge on any atom is 0.0718 e. The zero-order valence-corrected chi connectivity index (χ0v) is 12.2. The molecule has 18 heavy (non-hydrogen) atoms. The lowest BCUT2D eigenvalue weighted by Crippen LogP contribution is -2.38. The second kappa shape index (κ2) is 6.91. The van der Waals surface area contributed by atoms with Crippen LogP contribution in [0.15, 0.2) is 11.4 Å². The number of rotatable bonds is 5. The van der Waals surface area contributed by atoms with Crippen molar-refractivity contribution in [3.05, 3.63) is 21.9 Å². The summed E-state index contributed by atoms with van der Waals surface area (Å²) in [6, 6.07) is 2.03. The normalized spacial score (nSPS) is 11.4. The van der Waals surface area contributed by atoms with E-state index < -0.39 is 5.60 Å². The van der Waals surface area contributed by atoms with Crippen molar-refractivity contribution >= 4 is 11.3 Å². The van der Waals surface area contributed by atoms with Gasteiger partial charge in [0.2, 0.25) is 0 Å². The first kappa shape index (κ1) is 15.2. The Kier molecular flexibility index (Phi) is 5.83. The summed E-state index contributed by atoms with van der Waals surface area (Å²) < 4.78 is 0. The molecule has 1 aromatic heterocycles. The predicted octanol–water partition coefficient (Wildman–Crippen LogP) is 1.65. The number of aliphatic hydroxyl groups is 1. The summed E-state index contributed by atoms with van der Waals surface area (Å²) in [7, 11) is 0. The molecule has 1 heterocycles. The molecular formula is C14H22N2OS. The van der Waals surface area contributed by atoms with Crippen LogP contribution in [0.1, 0.15) is 31.2 Å². The smallest absolute Gasteiger partial charge is 0.0718 e. The highest BCUT2D eigenvalue weighted by Gasteiger charge is 2.18. The average molecular weight is 266 g/mol. The molecule has 0 atom stereocenters. The van der Waals surface area contributed by atoms with Crippen molar-refractivity contribution in [2.24, 2.45) is 5.73 Å². The van der Waals surface area contributed by atoms with E-state index in [1.807, 2.05) is 25.3 Å². The first-order valence-electron chi connectivity index (χ1n) is 6.16. The van der Waals surface area contributed by atoms with Crippen LogP contribution in [0.4, 0.5) is 0 Å². The summed E-state index contributed by atoms with van der Waals surface area (Å²) in [6.07, 6.45) is 0. The van der Waals surface area contributed by atoms with Crippen molar-refractivity contribution in [2.45, 2.75) is 32.9 Å². The molecule has 0 unspecified atom stereocenters. The van der Waals surface area contributed by atoms with Gasteiger partial charge < -0.3 is 10.8 Å². The van der Waals surface area contributed by atoms with Gasteiger partial charge in [-0.1, -0.05) is 18.8 Å². The first-order valence-corrected chi connectivity index (χ1v) is 7.04. The Morgan fingerprint density at radius 1 is 1.50 bits per heavy atom. The number of thiophene rings is 1. The van der Waals surface area contributed by atoms with Crippen LogP contribution in [0.3, 0.4) is 0 Å². The Hall–Kier alpha value is -0.860. The summed E-state index contributed by atoms with van der Waals surface area (Å²) in [5.41, 5.74) is 5.78. The number of likely N-dealkylation sites (N-methyl/N-ethyl adjacent to an activating group) is 1. The molecule has 0 saturated heterocycles. The third kappa shape index (κ3) is 5.19. The molecule has 0 spiro atoms. The van der Waals surface area contributed by atoms with E-state index in [4.69, 9.17) is 5.73 Å². The lowest BCUT2D eigenvalue weighted by atomic mass is 10.1. The molecule has 0 bridgehead atoms. The lowest BCUT2D eigenvalue weighted by Gasteiger charge is -2.27. The van der Waals surface area contributed by atoms with Gasteiger partial charge in [-0.15, -0.1) is 11.3 Å². The van der Waals surface area contributed by atoms with Crippen LogP contribution < -0.4 is 5.73 Å². The van der Waals surface area contributed by atoms with Gasteiger partial charge in [-0.2, -0.15) is 0 Å². The molecule has 0 aromatic carbocycles. The van der Waals surface area contributed by atoms with Crippen molar-refractivity contribution < 1.29 is 5.11 Å². The van der Waals surface area contributed by atoms with Crippen molar-refractivity contribution in [3.8, 4) is 11.8 Å². The van der Waals surface area contributed by atoms with Crippen LogP contribution in [-0.2, 0) is 6.54 Å². The van der Waals surface area contributed by atoms with E-state index in [9.17, 15) is 5.11 Å². The maximum absolute atomic E-state index is 9.88. The molecule has 0 fully saturated rings. The molecule has 4 heteroatoms. The predicted molar refractivity (Wildman–Crippen MR) is 77.5 cm³/mol. The second-order valence-electron chi connectivity index (χ2n) is 4.88. The standard InChI is InChI=1S/C14H22N2OS/c1-4-16(11-14(2,3)17)10-13-12(6-5-8-15)7-9-18-13/h7,9,17H,4,8,10-11,15H2,1-3H3. The Labute approximate surface area is 114 Å². The van der Waals surface area contributed by atoms with Crippen LogP contribution in [0.5, 0.6) is 0 Å². The van der Waals surface area contributed by atoms with E-state index >= 15 is 0 Å². The summed E-state index contributed by atoms with van der Waals surface area (Å²) in [6.45, 7) is 8.54. The van der Waals surface area contributed by atoms with Gasteiger partial charge in [-0.3, -0.25) is 4.90 Å². The highest BCUT2D eigenvalue weighted by molar-refractivity contribution is 7.10. The molecule has 100 valence electrons. The van der Waals surface area contributed by atoms with Gasteiger partial charge in [0.1, 0.15) is 0 Å². The Balaban J connectivity index is 2.73. The zero-order valence-electron chi connectivity index (χ0n) is 11.4.